The molecule has 0 saturated heterocycles. The summed E-state index contributed by atoms with van der Waals surface area (Å²) in [5.41, 5.74) is 3.09. The lowest BCUT2D eigenvalue weighted by atomic mass is 10.0. The SMILES string of the molecule is CC(=O)N1CCCc2cc(NC(=O)c3ccc(C(=O)O)cc3)ccc21. The fraction of sp³-hybridized carbons (Fsp3) is 0.211. The van der Waals surface area contributed by atoms with Crippen LogP contribution < -0.4 is 10.2 Å². The Morgan fingerprint density at radius 3 is 2.36 bits per heavy atom. The maximum absolute atomic E-state index is 12.3. The van der Waals surface area contributed by atoms with Gasteiger partial charge in [0.2, 0.25) is 5.91 Å². The molecule has 2 aromatic carbocycles. The van der Waals surface area contributed by atoms with Crippen molar-refractivity contribution in [3.8, 4) is 0 Å². The first kappa shape index (κ1) is 16.7. The van der Waals surface area contributed by atoms with Gasteiger partial charge in [0, 0.05) is 30.4 Å². The Morgan fingerprint density at radius 2 is 1.72 bits per heavy atom. The first-order chi connectivity index (χ1) is 12.0. The van der Waals surface area contributed by atoms with Crippen molar-refractivity contribution in [3.05, 3.63) is 59.2 Å². The molecule has 2 N–H and O–H groups in total. The van der Waals surface area contributed by atoms with Crippen molar-refractivity contribution in [2.75, 3.05) is 16.8 Å². The number of rotatable bonds is 3. The van der Waals surface area contributed by atoms with E-state index in [1.807, 2.05) is 12.1 Å². The second-order valence-electron chi connectivity index (χ2n) is 5.95. The van der Waals surface area contributed by atoms with Gasteiger partial charge in [0.1, 0.15) is 0 Å². The van der Waals surface area contributed by atoms with Gasteiger partial charge in [-0.15, -0.1) is 0 Å². The number of carbonyl (C=O) groups is 3. The van der Waals surface area contributed by atoms with Crippen LogP contribution >= 0.6 is 0 Å². The lowest BCUT2D eigenvalue weighted by Gasteiger charge is -2.29. The average molecular weight is 338 g/mol. The van der Waals surface area contributed by atoms with Crippen molar-refractivity contribution in [3.63, 3.8) is 0 Å². The first-order valence-electron chi connectivity index (χ1n) is 8.01. The van der Waals surface area contributed by atoms with Gasteiger partial charge in [0.05, 0.1) is 5.56 Å². The van der Waals surface area contributed by atoms with Crippen molar-refractivity contribution in [1.29, 1.82) is 0 Å². The number of fused-ring (bicyclic) bond motifs is 1. The number of aryl methyl sites for hydroxylation is 1. The molecule has 0 saturated carbocycles. The number of carboxylic acid groups (broad SMARTS) is 1. The molecule has 6 heteroatoms. The monoisotopic (exact) mass is 338 g/mol. The van der Waals surface area contributed by atoms with Crippen molar-refractivity contribution in [2.45, 2.75) is 19.8 Å². The van der Waals surface area contributed by atoms with E-state index in [2.05, 4.69) is 5.32 Å². The molecule has 2 amide bonds. The first-order valence-corrected chi connectivity index (χ1v) is 8.01. The van der Waals surface area contributed by atoms with Gasteiger partial charge in [-0.1, -0.05) is 0 Å². The summed E-state index contributed by atoms with van der Waals surface area (Å²) in [6, 6.07) is 11.3. The van der Waals surface area contributed by atoms with Gasteiger partial charge in [0.15, 0.2) is 0 Å². The summed E-state index contributed by atoms with van der Waals surface area (Å²) in [5, 5.41) is 11.7. The Hall–Kier alpha value is -3.15. The highest BCUT2D eigenvalue weighted by molar-refractivity contribution is 6.05. The third-order valence-corrected chi connectivity index (χ3v) is 4.23. The van der Waals surface area contributed by atoms with Crippen LogP contribution in [0.4, 0.5) is 11.4 Å². The van der Waals surface area contributed by atoms with E-state index in [1.165, 1.54) is 24.3 Å². The quantitative estimate of drug-likeness (QED) is 0.901. The molecule has 0 bridgehead atoms. The highest BCUT2D eigenvalue weighted by atomic mass is 16.4. The average Bonchev–Trinajstić information content (AvgIpc) is 2.61. The minimum Gasteiger partial charge on any atom is -0.478 e. The second-order valence-corrected chi connectivity index (χ2v) is 5.95. The fourth-order valence-corrected chi connectivity index (χ4v) is 2.97. The Bertz CT molecular complexity index is 843. The number of amides is 2. The molecule has 0 fully saturated rings. The molecule has 128 valence electrons. The molecule has 0 radical (unpaired) electrons. The van der Waals surface area contributed by atoms with Crippen LogP contribution in [-0.4, -0.2) is 29.4 Å². The van der Waals surface area contributed by atoms with E-state index < -0.39 is 5.97 Å². The van der Waals surface area contributed by atoms with E-state index >= 15 is 0 Å². The van der Waals surface area contributed by atoms with Crippen LogP contribution in [-0.2, 0) is 11.2 Å². The predicted octanol–water partition coefficient (Wildman–Crippen LogP) is 2.94. The van der Waals surface area contributed by atoms with Crippen LogP contribution in [0.5, 0.6) is 0 Å². The van der Waals surface area contributed by atoms with E-state index in [1.54, 1.807) is 17.9 Å². The zero-order chi connectivity index (χ0) is 18.0. The summed E-state index contributed by atoms with van der Waals surface area (Å²) in [6.45, 7) is 2.26. The third-order valence-electron chi connectivity index (χ3n) is 4.23. The topological polar surface area (TPSA) is 86.7 Å². The molecule has 3 rings (SSSR count). The molecule has 0 aliphatic carbocycles. The van der Waals surface area contributed by atoms with E-state index in [4.69, 9.17) is 5.11 Å². The van der Waals surface area contributed by atoms with Crippen LogP contribution in [0.3, 0.4) is 0 Å². The van der Waals surface area contributed by atoms with E-state index in [9.17, 15) is 14.4 Å². The molecule has 0 unspecified atom stereocenters. The van der Waals surface area contributed by atoms with E-state index in [0.29, 0.717) is 17.8 Å². The highest BCUT2D eigenvalue weighted by Gasteiger charge is 2.20. The number of carboxylic acids is 1. The fourth-order valence-electron chi connectivity index (χ4n) is 2.97. The lowest BCUT2D eigenvalue weighted by molar-refractivity contribution is -0.116. The number of nitrogens with one attached hydrogen (secondary N) is 1. The number of hydrogen-bond acceptors (Lipinski definition) is 3. The standard InChI is InChI=1S/C19H18N2O4/c1-12(22)21-10-2-3-15-11-16(8-9-17(15)21)20-18(23)13-4-6-14(7-5-13)19(24)25/h4-9,11H,2-3,10H2,1H3,(H,20,23)(H,24,25). The Kier molecular flexibility index (Phi) is 4.52. The van der Waals surface area contributed by atoms with Gasteiger partial charge < -0.3 is 15.3 Å². The van der Waals surface area contributed by atoms with Gasteiger partial charge in [-0.2, -0.15) is 0 Å². The summed E-state index contributed by atoms with van der Waals surface area (Å²) in [4.78, 5) is 36.6. The van der Waals surface area contributed by atoms with Crippen molar-refractivity contribution in [1.82, 2.24) is 0 Å². The maximum atomic E-state index is 12.3. The largest absolute Gasteiger partial charge is 0.478 e. The molecule has 1 heterocycles. The van der Waals surface area contributed by atoms with Gasteiger partial charge in [-0.3, -0.25) is 9.59 Å². The van der Waals surface area contributed by atoms with Gasteiger partial charge in [-0.05, 0) is 60.9 Å². The minimum atomic E-state index is -1.03. The maximum Gasteiger partial charge on any atom is 0.335 e. The van der Waals surface area contributed by atoms with E-state index in [0.717, 1.165) is 24.1 Å². The van der Waals surface area contributed by atoms with Crippen LogP contribution in [0, 0.1) is 0 Å². The third kappa shape index (κ3) is 3.52. The molecular weight excluding hydrogens is 320 g/mol. The molecule has 1 aliphatic rings. The second kappa shape index (κ2) is 6.76. The van der Waals surface area contributed by atoms with Crippen LogP contribution in [0.15, 0.2) is 42.5 Å². The number of anilines is 2. The van der Waals surface area contributed by atoms with Crippen molar-refractivity contribution in [2.24, 2.45) is 0 Å². The molecule has 0 aromatic heterocycles. The van der Waals surface area contributed by atoms with Gasteiger partial charge in [-0.25, -0.2) is 4.79 Å². The Balaban J connectivity index is 1.78. The number of benzene rings is 2. The van der Waals surface area contributed by atoms with Crippen LogP contribution in [0.2, 0.25) is 0 Å². The summed E-state index contributed by atoms with van der Waals surface area (Å²) in [7, 11) is 0. The molecule has 2 aromatic rings. The van der Waals surface area contributed by atoms with Gasteiger partial charge >= 0.3 is 5.97 Å². The molecule has 1 aliphatic heterocycles. The molecule has 0 atom stereocenters. The summed E-state index contributed by atoms with van der Waals surface area (Å²) < 4.78 is 0. The molecular formula is C19H18N2O4. The van der Waals surface area contributed by atoms with Crippen LogP contribution in [0.1, 0.15) is 39.6 Å². The smallest absolute Gasteiger partial charge is 0.335 e. The predicted molar refractivity (Wildman–Crippen MR) is 94.1 cm³/mol. The van der Waals surface area contributed by atoms with E-state index in [-0.39, 0.29) is 17.4 Å². The number of aromatic carboxylic acids is 1. The summed E-state index contributed by atoms with van der Waals surface area (Å²) in [5.74, 6) is -1.33. The number of nitrogens with zero attached hydrogens (tertiary/aromatic N) is 1. The zero-order valence-electron chi connectivity index (χ0n) is 13.8. The molecule has 25 heavy (non-hydrogen) atoms. The van der Waals surface area contributed by atoms with Crippen LogP contribution in [0.25, 0.3) is 0 Å². The number of carbonyl (C=O) groups excluding carboxylic acids is 2. The Morgan fingerprint density at radius 1 is 1.04 bits per heavy atom. The highest BCUT2D eigenvalue weighted by Crippen LogP contribution is 2.29. The van der Waals surface area contributed by atoms with Crippen molar-refractivity contribution >= 4 is 29.2 Å². The normalized spacial score (nSPS) is 13.1. The molecule has 6 nitrogen and oxygen atoms in total. The zero-order valence-corrected chi connectivity index (χ0v) is 13.8. The van der Waals surface area contributed by atoms with Gasteiger partial charge in [0.25, 0.3) is 5.91 Å². The number of hydrogen-bond donors (Lipinski definition) is 2. The minimum absolute atomic E-state index is 0.0104. The lowest BCUT2D eigenvalue weighted by Crippen LogP contribution is -2.33. The van der Waals surface area contributed by atoms with Crippen molar-refractivity contribution < 1.29 is 19.5 Å². The summed E-state index contributed by atoms with van der Waals surface area (Å²) in [6.07, 6.45) is 1.75. The Labute approximate surface area is 145 Å². The molecule has 0 spiro atoms. The summed E-state index contributed by atoms with van der Waals surface area (Å²) >= 11 is 0.